The van der Waals surface area contributed by atoms with Crippen LogP contribution in [-0.2, 0) is 17.4 Å². The minimum absolute atomic E-state index is 0.0741. The van der Waals surface area contributed by atoms with Gasteiger partial charge in [0.05, 0.1) is 12.0 Å². The van der Waals surface area contributed by atoms with E-state index in [-0.39, 0.29) is 5.56 Å². The van der Waals surface area contributed by atoms with Crippen molar-refractivity contribution in [2.24, 2.45) is 5.73 Å². The molecule has 0 unspecified atom stereocenters. The zero-order valence-electron chi connectivity index (χ0n) is 8.06. The molecule has 0 aliphatic carbocycles. The van der Waals surface area contributed by atoms with E-state index in [1.807, 2.05) is 0 Å². The zero-order chi connectivity index (χ0) is 11.6. The fourth-order valence-electron chi connectivity index (χ4n) is 1.33. The Bertz CT molecular complexity index is 385. The average Bonchev–Trinajstić information content (AvgIpc) is 1.99. The molecule has 0 spiro atoms. The zero-order valence-corrected chi connectivity index (χ0v) is 8.06. The molecule has 1 aromatic rings. The quantitative estimate of drug-likeness (QED) is 0.809. The van der Waals surface area contributed by atoms with E-state index in [0.717, 1.165) is 6.07 Å². The molecule has 0 saturated heterocycles. The lowest BCUT2D eigenvalue weighted by Gasteiger charge is -2.12. The molecule has 0 atom stereocenters. The van der Waals surface area contributed by atoms with Crippen LogP contribution >= 0.6 is 0 Å². The van der Waals surface area contributed by atoms with Crippen molar-refractivity contribution in [3.63, 3.8) is 0 Å². The molecule has 0 saturated carbocycles. The van der Waals surface area contributed by atoms with Crippen molar-refractivity contribution in [1.82, 2.24) is 0 Å². The molecule has 2 nitrogen and oxygen atoms in total. The van der Waals surface area contributed by atoms with Crippen molar-refractivity contribution >= 4 is 5.91 Å². The number of carbonyl (C=O) groups is 1. The monoisotopic (exact) mass is 217 g/mol. The lowest BCUT2D eigenvalue weighted by molar-refractivity contribution is -0.138. The molecule has 82 valence electrons. The Morgan fingerprint density at radius 2 is 2.00 bits per heavy atom. The molecule has 0 heterocycles. The first-order chi connectivity index (χ1) is 6.80. The third kappa shape index (κ3) is 2.97. The van der Waals surface area contributed by atoms with Crippen LogP contribution in [0.2, 0.25) is 0 Å². The largest absolute Gasteiger partial charge is 0.416 e. The predicted octanol–water partition coefficient (Wildman–Crippen LogP) is 2.04. The minimum atomic E-state index is -4.45. The van der Waals surface area contributed by atoms with Crippen molar-refractivity contribution in [2.75, 3.05) is 0 Å². The molecule has 0 aliphatic rings. The van der Waals surface area contributed by atoms with E-state index < -0.39 is 24.1 Å². The second kappa shape index (κ2) is 3.92. The van der Waals surface area contributed by atoms with E-state index in [4.69, 9.17) is 5.73 Å². The fourth-order valence-corrected chi connectivity index (χ4v) is 1.33. The van der Waals surface area contributed by atoms with Gasteiger partial charge in [-0.1, -0.05) is 17.7 Å². The van der Waals surface area contributed by atoms with Crippen LogP contribution in [0.3, 0.4) is 0 Å². The highest BCUT2D eigenvalue weighted by Gasteiger charge is 2.33. The van der Waals surface area contributed by atoms with Gasteiger partial charge in [0.1, 0.15) is 0 Å². The Kier molecular flexibility index (Phi) is 3.02. The van der Waals surface area contributed by atoms with Gasteiger partial charge in [-0.15, -0.1) is 0 Å². The van der Waals surface area contributed by atoms with Gasteiger partial charge in [0.2, 0.25) is 5.91 Å². The number of alkyl halides is 3. The van der Waals surface area contributed by atoms with E-state index in [1.165, 1.54) is 12.1 Å². The Labute approximate surface area is 84.9 Å². The van der Waals surface area contributed by atoms with Crippen LogP contribution in [0.4, 0.5) is 13.2 Å². The second-order valence-electron chi connectivity index (χ2n) is 3.30. The topological polar surface area (TPSA) is 43.1 Å². The summed E-state index contributed by atoms with van der Waals surface area (Å²) in [6, 6.07) is 3.65. The average molecular weight is 217 g/mol. The smallest absolute Gasteiger partial charge is 0.369 e. The highest BCUT2D eigenvalue weighted by molar-refractivity contribution is 5.77. The predicted molar refractivity (Wildman–Crippen MR) is 49.1 cm³/mol. The summed E-state index contributed by atoms with van der Waals surface area (Å²) in [6.07, 6.45) is -4.84. The van der Waals surface area contributed by atoms with Crippen LogP contribution in [0.5, 0.6) is 0 Å². The number of nitrogens with two attached hydrogens (primary N) is 1. The van der Waals surface area contributed by atoms with Crippen molar-refractivity contribution < 1.29 is 18.0 Å². The number of hydrogen-bond donors (Lipinski definition) is 1. The van der Waals surface area contributed by atoms with Gasteiger partial charge < -0.3 is 5.73 Å². The summed E-state index contributed by atoms with van der Waals surface area (Å²) < 4.78 is 37.4. The highest BCUT2D eigenvalue weighted by Crippen LogP contribution is 2.32. The van der Waals surface area contributed by atoms with Gasteiger partial charge in [0, 0.05) is 0 Å². The van der Waals surface area contributed by atoms with E-state index in [2.05, 4.69) is 0 Å². The molecule has 1 aromatic carbocycles. The molecule has 0 radical (unpaired) electrons. The summed E-state index contributed by atoms with van der Waals surface area (Å²) in [4.78, 5) is 10.6. The lowest BCUT2D eigenvalue weighted by Crippen LogP contribution is -2.18. The first-order valence-electron chi connectivity index (χ1n) is 4.25. The van der Waals surface area contributed by atoms with Crippen LogP contribution in [0.25, 0.3) is 0 Å². The first kappa shape index (κ1) is 11.6. The van der Waals surface area contributed by atoms with Gasteiger partial charge >= 0.3 is 6.18 Å². The summed E-state index contributed by atoms with van der Waals surface area (Å²) in [7, 11) is 0. The summed E-state index contributed by atoms with van der Waals surface area (Å²) in [5, 5.41) is 0. The second-order valence-corrected chi connectivity index (χ2v) is 3.30. The van der Waals surface area contributed by atoms with Crippen LogP contribution in [0.15, 0.2) is 18.2 Å². The number of halogens is 3. The van der Waals surface area contributed by atoms with Gasteiger partial charge in [-0.2, -0.15) is 13.2 Å². The number of hydrogen-bond acceptors (Lipinski definition) is 1. The van der Waals surface area contributed by atoms with Crippen LogP contribution in [-0.4, -0.2) is 5.91 Å². The van der Waals surface area contributed by atoms with Crippen molar-refractivity contribution in [3.05, 3.63) is 34.9 Å². The fraction of sp³-hybridized carbons (Fsp3) is 0.300. The number of rotatable bonds is 2. The van der Waals surface area contributed by atoms with E-state index >= 15 is 0 Å². The number of primary amides is 1. The Morgan fingerprint density at radius 1 is 1.40 bits per heavy atom. The SMILES string of the molecule is Cc1ccc(C(F)(F)F)c(CC(N)=O)c1. The lowest BCUT2D eigenvalue weighted by atomic mass is 10.0. The van der Waals surface area contributed by atoms with Gasteiger partial charge in [0.15, 0.2) is 0 Å². The molecule has 0 aliphatic heterocycles. The van der Waals surface area contributed by atoms with Crippen molar-refractivity contribution in [1.29, 1.82) is 0 Å². The molecule has 0 bridgehead atoms. The normalized spacial score (nSPS) is 11.5. The van der Waals surface area contributed by atoms with Crippen molar-refractivity contribution in [2.45, 2.75) is 19.5 Å². The maximum atomic E-state index is 12.5. The summed E-state index contributed by atoms with van der Waals surface area (Å²) >= 11 is 0. The number of aryl methyl sites for hydroxylation is 1. The maximum absolute atomic E-state index is 12.5. The molecule has 2 N–H and O–H groups in total. The Morgan fingerprint density at radius 3 is 2.47 bits per heavy atom. The van der Waals surface area contributed by atoms with Gasteiger partial charge in [-0.3, -0.25) is 4.79 Å². The summed E-state index contributed by atoms with van der Waals surface area (Å²) in [5.74, 6) is -0.772. The van der Waals surface area contributed by atoms with Gasteiger partial charge in [-0.05, 0) is 18.6 Å². The third-order valence-corrected chi connectivity index (χ3v) is 1.93. The molecule has 0 aromatic heterocycles. The highest BCUT2D eigenvalue weighted by atomic mass is 19.4. The van der Waals surface area contributed by atoms with Gasteiger partial charge in [-0.25, -0.2) is 0 Å². The van der Waals surface area contributed by atoms with E-state index in [1.54, 1.807) is 6.92 Å². The first-order valence-corrected chi connectivity index (χ1v) is 4.25. The summed E-state index contributed by atoms with van der Waals surface area (Å²) in [6.45, 7) is 1.66. The number of benzene rings is 1. The summed E-state index contributed by atoms with van der Waals surface area (Å²) in [5.41, 5.74) is 4.67. The molecule has 1 rings (SSSR count). The maximum Gasteiger partial charge on any atom is 0.416 e. The number of amides is 1. The van der Waals surface area contributed by atoms with E-state index in [0.29, 0.717) is 5.56 Å². The number of carbonyl (C=O) groups excluding carboxylic acids is 1. The van der Waals surface area contributed by atoms with E-state index in [9.17, 15) is 18.0 Å². The molecule has 15 heavy (non-hydrogen) atoms. The third-order valence-electron chi connectivity index (χ3n) is 1.93. The van der Waals surface area contributed by atoms with Crippen molar-refractivity contribution in [3.8, 4) is 0 Å². The minimum Gasteiger partial charge on any atom is -0.369 e. The standard InChI is InChI=1S/C10H10F3NO/c1-6-2-3-8(10(11,12)13)7(4-6)5-9(14)15/h2-4H,5H2,1H3,(H2,14,15). The molecule has 1 amide bonds. The van der Waals surface area contributed by atoms with Gasteiger partial charge in [0.25, 0.3) is 0 Å². The molecular weight excluding hydrogens is 207 g/mol. The Balaban J connectivity index is 3.20. The molecule has 0 fully saturated rings. The van der Waals surface area contributed by atoms with Crippen LogP contribution < -0.4 is 5.73 Å². The Hall–Kier alpha value is -1.52. The molecular formula is C10H10F3NO. The van der Waals surface area contributed by atoms with Crippen LogP contribution in [0.1, 0.15) is 16.7 Å². The molecule has 5 heteroatoms. The van der Waals surface area contributed by atoms with Crippen LogP contribution in [0, 0.1) is 6.92 Å².